The second-order valence-corrected chi connectivity index (χ2v) is 4.44. The number of amidine groups is 1. The van der Waals surface area contributed by atoms with Gasteiger partial charge in [0.1, 0.15) is 0 Å². The molecule has 0 aromatic rings. The maximum absolute atomic E-state index is 11.9. The van der Waals surface area contributed by atoms with Gasteiger partial charge in [-0.3, -0.25) is 4.79 Å². The van der Waals surface area contributed by atoms with Crippen LogP contribution in [0.3, 0.4) is 0 Å². The molecule has 5 heteroatoms. The summed E-state index contributed by atoms with van der Waals surface area (Å²) in [6, 6.07) is 0. The Kier molecular flexibility index (Phi) is 3.55. The number of nitrogens with two attached hydrogens (primary N) is 1. The second kappa shape index (κ2) is 4.51. The number of nitrogens with zero attached hydrogens (tertiary/aromatic N) is 2. The van der Waals surface area contributed by atoms with E-state index in [0.29, 0.717) is 11.8 Å². The first-order valence-corrected chi connectivity index (χ1v) is 5.23. The smallest absolute Gasteiger partial charge is 0.233 e. The third-order valence-corrected chi connectivity index (χ3v) is 3.23. The topological polar surface area (TPSA) is 78.9 Å². The second-order valence-electron chi connectivity index (χ2n) is 4.44. The Hall–Kier alpha value is -1.26. The average molecular weight is 213 g/mol. The predicted molar refractivity (Wildman–Crippen MR) is 57.5 cm³/mol. The Balaban J connectivity index is 2.63. The molecule has 1 aliphatic rings. The predicted octanol–water partition coefficient (Wildman–Crippen LogP) is 0.483. The molecule has 3 N–H and O–H groups in total. The van der Waals surface area contributed by atoms with Crippen molar-refractivity contribution in [2.24, 2.45) is 28.6 Å². The molecule has 15 heavy (non-hydrogen) atoms. The molecule has 3 unspecified atom stereocenters. The lowest BCUT2D eigenvalue weighted by Gasteiger charge is -2.19. The molecular weight excluding hydrogens is 194 g/mol. The monoisotopic (exact) mass is 213 g/mol. The number of hydrogen-bond acceptors (Lipinski definition) is 3. The first-order chi connectivity index (χ1) is 6.97. The Morgan fingerprint density at radius 1 is 1.47 bits per heavy atom. The van der Waals surface area contributed by atoms with Gasteiger partial charge in [0.05, 0.1) is 5.92 Å². The van der Waals surface area contributed by atoms with Gasteiger partial charge in [-0.15, -0.1) is 0 Å². The first-order valence-electron chi connectivity index (χ1n) is 5.23. The summed E-state index contributed by atoms with van der Waals surface area (Å²) in [4.78, 5) is 13.7. The number of oxime groups is 1. The summed E-state index contributed by atoms with van der Waals surface area (Å²) in [6.45, 7) is 7.45. The molecular formula is C10H19N3O2. The van der Waals surface area contributed by atoms with Gasteiger partial charge in [-0.1, -0.05) is 19.0 Å². The van der Waals surface area contributed by atoms with Crippen LogP contribution < -0.4 is 5.73 Å². The van der Waals surface area contributed by atoms with Gasteiger partial charge in [-0.05, 0) is 18.8 Å². The van der Waals surface area contributed by atoms with E-state index in [4.69, 9.17) is 10.9 Å². The molecule has 1 rings (SSSR count). The van der Waals surface area contributed by atoms with Gasteiger partial charge in [0, 0.05) is 13.1 Å². The summed E-state index contributed by atoms with van der Waals surface area (Å²) < 4.78 is 0. The number of rotatable bonds is 2. The molecule has 0 bridgehead atoms. The highest BCUT2D eigenvalue weighted by Gasteiger charge is 2.32. The van der Waals surface area contributed by atoms with E-state index in [9.17, 15) is 4.79 Å². The zero-order valence-corrected chi connectivity index (χ0v) is 9.47. The molecule has 1 amide bonds. The molecule has 0 aromatic carbocycles. The Morgan fingerprint density at radius 2 is 1.93 bits per heavy atom. The van der Waals surface area contributed by atoms with E-state index in [2.05, 4.69) is 19.0 Å². The van der Waals surface area contributed by atoms with Gasteiger partial charge < -0.3 is 15.8 Å². The van der Waals surface area contributed by atoms with E-state index >= 15 is 0 Å². The molecule has 1 heterocycles. The van der Waals surface area contributed by atoms with Crippen LogP contribution >= 0.6 is 0 Å². The minimum absolute atomic E-state index is 0.0211. The molecule has 0 aromatic heterocycles. The highest BCUT2D eigenvalue weighted by atomic mass is 16.4. The highest BCUT2D eigenvalue weighted by molar-refractivity contribution is 6.01. The van der Waals surface area contributed by atoms with Crippen LogP contribution in [0.1, 0.15) is 20.8 Å². The molecule has 0 saturated carbocycles. The van der Waals surface area contributed by atoms with Gasteiger partial charge >= 0.3 is 0 Å². The van der Waals surface area contributed by atoms with Crippen LogP contribution in [0.5, 0.6) is 0 Å². The Labute approximate surface area is 89.9 Å². The normalized spacial score (nSPS) is 29.3. The van der Waals surface area contributed by atoms with E-state index in [1.54, 1.807) is 11.8 Å². The molecule has 0 aliphatic carbocycles. The van der Waals surface area contributed by atoms with Crippen molar-refractivity contribution in [3.8, 4) is 0 Å². The maximum atomic E-state index is 11.9. The number of carbonyl (C=O) groups excluding carboxylic acids is 1. The number of amides is 1. The van der Waals surface area contributed by atoms with Crippen molar-refractivity contribution >= 4 is 11.7 Å². The van der Waals surface area contributed by atoms with Crippen molar-refractivity contribution in [1.82, 2.24) is 4.90 Å². The lowest BCUT2D eigenvalue weighted by molar-refractivity contribution is -0.132. The summed E-state index contributed by atoms with van der Waals surface area (Å²) in [7, 11) is 0. The maximum Gasteiger partial charge on any atom is 0.233 e. The van der Waals surface area contributed by atoms with Crippen LogP contribution in [0.2, 0.25) is 0 Å². The van der Waals surface area contributed by atoms with Crippen LogP contribution in [-0.2, 0) is 4.79 Å². The van der Waals surface area contributed by atoms with Crippen molar-refractivity contribution in [3.63, 3.8) is 0 Å². The molecule has 0 radical (unpaired) electrons. The summed E-state index contributed by atoms with van der Waals surface area (Å²) >= 11 is 0. The van der Waals surface area contributed by atoms with Gasteiger partial charge in [-0.2, -0.15) is 0 Å². The average Bonchev–Trinajstić information content (AvgIpc) is 2.56. The van der Waals surface area contributed by atoms with Crippen LogP contribution in [0, 0.1) is 17.8 Å². The minimum atomic E-state index is -0.535. The van der Waals surface area contributed by atoms with E-state index in [-0.39, 0.29) is 11.7 Å². The fourth-order valence-corrected chi connectivity index (χ4v) is 1.80. The van der Waals surface area contributed by atoms with Crippen molar-refractivity contribution < 1.29 is 10.0 Å². The van der Waals surface area contributed by atoms with E-state index in [1.165, 1.54) is 0 Å². The van der Waals surface area contributed by atoms with E-state index in [0.717, 1.165) is 13.1 Å². The fourth-order valence-electron chi connectivity index (χ4n) is 1.80. The summed E-state index contributed by atoms with van der Waals surface area (Å²) in [6.07, 6.45) is 0. The van der Waals surface area contributed by atoms with Gasteiger partial charge in [0.2, 0.25) is 5.91 Å². The van der Waals surface area contributed by atoms with E-state index < -0.39 is 5.92 Å². The summed E-state index contributed by atoms with van der Waals surface area (Å²) in [5, 5.41) is 11.4. The zero-order chi connectivity index (χ0) is 11.6. The van der Waals surface area contributed by atoms with Gasteiger partial charge in [0.25, 0.3) is 0 Å². The zero-order valence-electron chi connectivity index (χ0n) is 9.47. The highest BCUT2D eigenvalue weighted by Crippen LogP contribution is 2.23. The summed E-state index contributed by atoms with van der Waals surface area (Å²) in [5.74, 6) is 0.433. The number of carbonyl (C=O) groups is 1. The standard InChI is InChI=1S/C10H19N3O2/c1-6-4-13(5-7(6)2)10(14)8(3)9(11)12-15/h6-8,15H,4-5H2,1-3H3,(H2,11,12). The van der Waals surface area contributed by atoms with Crippen molar-refractivity contribution in [3.05, 3.63) is 0 Å². The SMILES string of the molecule is CC(C(=O)N1CC(C)C(C)C1)C(N)=NO. The summed E-state index contributed by atoms with van der Waals surface area (Å²) in [5.41, 5.74) is 5.41. The fraction of sp³-hybridized carbons (Fsp3) is 0.800. The third kappa shape index (κ3) is 2.40. The lowest BCUT2D eigenvalue weighted by Crippen LogP contribution is -2.39. The largest absolute Gasteiger partial charge is 0.409 e. The van der Waals surface area contributed by atoms with Crippen LogP contribution in [0.15, 0.2) is 5.16 Å². The molecule has 5 nitrogen and oxygen atoms in total. The minimum Gasteiger partial charge on any atom is -0.409 e. The van der Waals surface area contributed by atoms with Crippen LogP contribution in [-0.4, -0.2) is 34.9 Å². The van der Waals surface area contributed by atoms with Crippen LogP contribution in [0.25, 0.3) is 0 Å². The lowest BCUT2D eigenvalue weighted by atomic mass is 10.0. The van der Waals surface area contributed by atoms with Crippen molar-refractivity contribution in [2.75, 3.05) is 13.1 Å². The molecule has 1 aliphatic heterocycles. The molecule has 1 fully saturated rings. The Bertz CT molecular complexity index is 268. The molecule has 3 atom stereocenters. The molecule has 0 spiro atoms. The Morgan fingerprint density at radius 3 is 2.33 bits per heavy atom. The molecule has 1 saturated heterocycles. The number of likely N-dealkylation sites (tertiary alicyclic amines) is 1. The van der Waals surface area contributed by atoms with Gasteiger partial charge in [0.15, 0.2) is 5.84 Å². The quantitative estimate of drug-likeness (QED) is 0.303. The van der Waals surface area contributed by atoms with Crippen molar-refractivity contribution in [1.29, 1.82) is 0 Å². The first kappa shape index (κ1) is 11.8. The van der Waals surface area contributed by atoms with E-state index in [1.807, 2.05) is 0 Å². The third-order valence-electron chi connectivity index (χ3n) is 3.23. The van der Waals surface area contributed by atoms with Crippen LogP contribution in [0.4, 0.5) is 0 Å². The molecule has 86 valence electrons. The van der Waals surface area contributed by atoms with Gasteiger partial charge in [-0.25, -0.2) is 0 Å². The van der Waals surface area contributed by atoms with Crippen molar-refractivity contribution in [2.45, 2.75) is 20.8 Å². The number of hydrogen-bond donors (Lipinski definition) is 2.